The lowest BCUT2D eigenvalue weighted by molar-refractivity contribution is 0.0689. The molecule has 0 saturated carbocycles. The second-order valence-corrected chi connectivity index (χ2v) is 4.74. The van der Waals surface area contributed by atoms with Crippen LogP contribution < -0.4 is 0 Å². The minimum absolute atomic E-state index is 0.0292. The maximum absolute atomic E-state index is 12.2. The summed E-state index contributed by atoms with van der Waals surface area (Å²) in [5, 5.41) is 10.3. The summed E-state index contributed by atoms with van der Waals surface area (Å²) in [5.41, 5.74) is 0.516. The van der Waals surface area contributed by atoms with Gasteiger partial charge < -0.3 is 9.42 Å². The quantitative estimate of drug-likeness (QED) is 0.875. The molecule has 100 valence electrons. The molecule has 2 aromatic heterocycles. The van der Waals surface area contributed by atoms with E-state index in [1.807, 2.05) is 0 Å². The number of carbonyl (C=O) groups excluding carboxylic acids is 1. The smallest absolute Gasteiger partial charge is 0.271 e. The van der Waals surface area contributed by atoms with Crippen LogP contribution in [0.25, 0.3) is 0 Å². The molecule has 0 aliphatic carbocycles. The van der Waals surface area contributed by atoms with Crippen molar-refractivity contribution in [3.05, 3.63) is 29.7 Å². The molecule has 7 nitrogen and oxygen atoms in total. The fourth-order valence-electron chi connectivity index (χ4n) is 2.39. The number of nitrogens with zero attached hydrogens (tertiary/aromatic N) is 4. The molecule has 0 aromatic carbocycles. The van der Waals surface area contributed by atoms with Gasteiger partial charge in [0.2, 0.25) is 5.89 Å². The number of nitrogens with one attached hydrogen (secondary N) is 1. The number of carbonyl (C=O) groups is 1. The SMILES string of the molecule is Cc1noc(C2CCCN(C(=O)c3ccn[nH]3)C2)n1. The van der Waals surface area contributed by atoms with Gasteiger partial charge in [-0.1, -0.05) is 5.16 Å². The zero-order chi connectivity index (χ0) is 13.2. The van der Waals surface area contributed by atoms with E-state index in [2.05, 4.69) is 20.3 Å². The molecule has 3 heterocycles. The molecule has 1 fully saturated rings. The second kappa shape index (κ2) is 4.83. The summed E-state index contributed by atoms with van der Waals surface area (Å²) in [6.45, 7) is 3.16. The van der Waals surface area contributed by atoms with Crippen molar-refractivity contribution >= 4 is 5.91 Å². The number of hydrogen-bond acceptors (Lipinski definition) is 5. The van der Waals surface area contributed by atoms with Crippen LogP contribution in [-0.2, 0) is 0 Å². The Morgan fingerprint density at radius 2 is 2.47 bits per heavy atom. The average molecular weight is 261 g/mol. The first-order valence-corrected chi connectivity index (χ1v) is 6.33. The van der Waals surface area contributed by atoms with Crippen molar-refractivity contribution in [3.63, 3.8) is 0 Å². The van der Waals surface area contributed by atoms with Crippen molar-refractivity contribution in [2.24, 2.45) is 0 Å². The zero-order valence-electron chi connectivity index (χ0n) is 10.7. The summed E-state index contributed by atoms with van der Waals surface area (Å²) in [5.74, 6) is 1.35. The van der Waals surface area contributed by atoms with E-state index >= 15 is 0 Å². The lowest BCUT2D eigenvalue weighted by Crippen LogP contribution is -2.39. The molecule has 0 spiro atoms. The van der Waals surface area contributed by atoms with Gasteiger partial charge in [-0.2, -0.15) is 10.1 Å². The van der Waals surface area contributed by atoms with Crippen molar-refractivity contribution < 1.29 is 9.32 Å². The standard InChI is InChI=1S/C12H15N5O2/c1-8-14-11(19-16-8)9-3-2-6-17(7-9)12(18)10-4-5-13-15-10/h4-5,9H,2-3,6-7H2,1H3,(H,13,15). The first kappa shape index (κ1) is 11.9. The Balaban J connectivity index is 1.73. The Kier molecular flexibility index (Phi) is 3.02. The van der Waals surface area contributed by atoms with Crippen LogP contribution in [0.5, 0.6) is 0 Å². The van der Waals surface area contributed by atoms with Crippen molar-refractivity contribution in [1.82, 2.24) is 25.2 Å². The van der Waals surface area contributed by atoms with E-state index in [1.165, 1.54) is 0 Å². The van der Waals surface area contributed by atoms with Gasteiger partial charge in [0, 0.05) is 19.3 Å². The Bertz CT molecular complexity index is 562. The van der Waals surface area contributed by atoms with E-state index in [0.717, 1.165) is 19.4 Å². The first-order valence-electron chi connectivity index (χ1n) is 6.33. The highest BCUT2D eigenvalue weighted by Crippen LogP contribution is 2.26. The van der Waals surface area contributed by atoms with E-state index < -0.39 is 0 Å². The Morgan fingerprint density at radius 3 is 3.16 bits per heavy atom. The fraction of sp³-hybridized carbons (Fsp3) is 0.500. The fourth-order valence-corrected chi connectivity index (χ4v) is 2.39. The van der Waals surface area contributed by atoms with Crippen molar-refractivity contribution in [3.8, 4) is 0 Å². The maximum Gasteiger partial charge on any atom is 0.271 e. The monoisotopic (exact) mass is 261 g/mol. The van der Waals surface area contributed by atoms with Gasteiger partial charge in [0.05, 0.1) is 5.92 Å². The summed E-state index contributed by atoms with van der Waals surface area (Å²) in [6, 6.07) is 1.68. The lowest BCUT2D eigenvalue weighted by atomic mass is 9.97. The maximum atomic E-state index is 12.2. The van der Waals surface area contributed by atoms with Crippen LogP contribution in [0, 0.1) is 6.92 Å². The summed E-state index contributed by atoms with van der Waals surface area (Å²) in [6.07, 6.45) is 3.48. The number of aromatic nitrogens is 4. The van der Waals surface area contributed by atoms with E-state index in [4.69, 9.17) is 4.52 Å². The molecule has 1 atom stereocenters. The van der Waals surface area contributed by atoms with Crippen molar-refractivity contribution in [2.75, 3.05) is 13.1 Å². The van der Waals surface area contributed by atoms with Gasteiger partial charge in [-0.3, -0.25) is 9.89 Å². The predicted octanol–water partition coefficient (Wildman–Crippen LogP) is 1.12. The molecule has 1 aliphatic heterocycles. The van der Waals surface area contributed by atoms with Gasteiger partial charge in [0.25, 0.3) is 5.91 Å². The summed E-state index contributed by atoms with van der Waals surface area (Å²) in [4.78, 5) is 18.3. The summed E-state index contributed by atoms with van der Waals surface area (Å²) < 4.78 is 5.20. The predicted molar refractivity (Wildman–Crippen MR) is 65.5 cm³/mol. The van der Waals surface area contributed by atoms with Gasteiger partial charge in [-0.15, -0.1) is 0 Å². The number of aromatic amines is 1. The number of rotatable bonds is 2. The first-order chi connectivity index (χ1) is 9.24. The van der Waals surface area contributed by atoms with Crippen molar-refractivity contribution in [2.45, 2.75) is 25.7 Å². The number of H-pyrrole nitrogens is 1. The van der Waals surface area contributed by atoms with Gasteiger partial charge in [-0.25, -0.2) is 0 Å². The molecule has 7 heteroatoms. The molecule has 2 aromatic rings. The third-order valence-electron chi connectivity index (χ3n) is 3.33. The minimum atomic E-state index is -0.0292. The lowest BCUT2D eigenvalue weighted by Gasteiger charge is -2.30. The minimum Gasteiger partial charge on any atom is -0.339 e. The van der Waals surface area contributed by atoms with Gasteiger partial charge >= 0.3 is 0 Å². The highest BCUT2D eigenvalue weighted by molar-refractivity contribution is 5.92. The number of hydrogen-bond donors (Lipinski definition) is 1. The highest BCUT2D eigenvalue weighted by atomic mass is 16.5. The third-order valence-corrected chi connectivity index (χ3v) is 3.33. The molecule has 0 bridgehead atoms. The van der Waals surface area contributed by atoms with Crippen LogP contribution in [0.2, 0.25) is 0 Å². The summed E-state index contributed by atoms with van der Waals surface area (Å²) >= 11 is 0. The number of piperidine rings is 1. The van der Waals surface area contributed by atoms with Gasteiger partial charge in [0.1, 0.15) is 5.69 Å². The van der Waals surface area contributed by atoms with Crippen molar-refractivity contribution in [1.29, 1.82) is 0 Å². The van der Waals surface area contributed by atoms with Gasteiger partial charge in [-0.05, 0) is 25.8 Å². The molecule has 1 N–H and O–H groups in total. The van der Waals surface area contributed by atoms with Crippen LogP contribution in [-0.4, -0.2) is 44.2 Å². The van der Waals surface area contributed by atoms with E-state index in [9.17, 15) is 4.79 Å². The van der Waals surface area contributed by atoms with E-state index in [0.29, 0.717) is 24.0 Å². The van der Waals surface area contributed by atoms with E-state index in [-0.39, 0.29) is 11.8 Å². The number of amides is 1. The van der Waals surface area contributed by atoms with E-state index in [1.54, 1.807) is 24.1 Å². The molecule has 1 amide bonds. The molecule has 1 saturated heterocycles. The van der Waals surface area contributed by atoms with Crippen LogP contribution in [0.1, 0.15) is 41.0 Å². The summed E-state index contributed by atoms with van der Waals surface area (Å²) in [7, 11) is 0. The molecule has 3 rings (SSSR count). The molecule has 1 unspecified atom stereocenters. The molecular weight excluding hydrogens is 246 g/mol. The number of aryl methyl sites for hydroxylation is 1. The molecule has 0 radical (unpaired) electrons. The van der Waals surface area contributed by atoms with Gasteiger partial charge in [0.15, 0.2) is 5.82 Å². The van der Waals surface area contributed by atoms with Crippen LogP contribution >= 0.6 is 0 Å². The largest absolute Gasteiger partial charge is 0.339 e. The number of likely N-dealkylation sites (tertiary alicyclic amines) is 1. The highest BCUT2D eigenvalue weighted by Gasteiger charge is 2.29. The van der Waals surface area contributed by atoms with Crippen LogP contribution in [0.3, 0.4) is 0 Å². The van der Waals surface area contributed by atoms with Crippen LogP contribution in [0.15, 0.2) is 16.8 Å². The molecule has 19 heavy (non-hydrogen) atoms. The normalized spacial score (nSPS) is 19.6. The Morgan fingerprint density at radius 1 is 1.58 bits per heavy atom. The zero-order valence-corrected chi connectivity index (χ0v) is 10.7. The average Bonchev–Trinajstić information content (AvgIpc) is 3.09. The Labute approximate surface area is 110 Å². The van der Waals surface area contributed by atoms with Crippen LogP contribution in [0.4, 0.5) is 0 Å². The topological polar surface area (TPSA) is 87.9 Å². The molecule has 1 aliphatic rings. The second-order valence-electron chi connectivity index (χ2n) is 4.74. The third kappa shape index (κ3) is 2.35. The molecular formula is C12H15N5O2. The Hall–Kier alpha value is -2.18.